The lowest BCUT2D eigenvalue weighted by atomic mass is 9.96. The van der Waals surface area contributed by atoms with Gasteiger partial charge in [-0.2, -0.15) is 0 Å². The predicted octanol–water partition coefficient (Wildman–Crippen LogP) is 0.00680. The normalized spacial score (nSPS) is 26.2. The summed E-state index contributed by atoms with van der Waals surface area (Å²) < 4.78 is 24.0. The molecule has 1 atom stereocenters. The molecule has 0 amide bonds. The van der Waals surface area contributed by atoms with Gasteiger partial charge in [0.05, 0.1) is 6.26 Å². The highest BCUT2D eigenvalue weighted by atomic mass is 32.2. The largest absolute Gasteiger partial charge is 0.330 e. The highest BCUT2D eigenvalue weighted by molar-refractivity contribution is 7.88. The Balaban J connectivity index is 2.52. The van der Waals surface area contributed by atoms with Crippen molar-refractivity contribution < 1.29 is 8.42 Å². The SMILES string of the molecule is CS(=O)(=O)N1CCC[C@H](CCN)C1. The number of nitrogens with two attached hydrogens (primary N) is 1. The van der Waals surface area contributed by atoms with Gasteiger partial charge in [0.15, 0.2) is 0 Å². The molecule has 0 aliphatic carbocycles. The first-order valence-electron chi connectivity index (χ1n) is 4.69. The average Bonchev–Trinajstić information content (AvgIpc) is 2.04. The second-order valence-corrected chi connectivity index (χ2v) is 5.69. The molecule has 2 N–H and O–H groups in total. The van der Waals surface area contributed by atoms with Gasteiger partial charge in [-0.3, -0.25) is 0 Å². The summed E-state index contributed by atoms with van der Waals surface area (Å²) in [6.07, 6.45) is 4.30. The fourth-order valence-electron chi connectivity index (χ4n) is 1.80. The minimum atomic E-state index is -2.98. The number of hydrogen-bond acceptors (Lipinski definition) is 3. The first-order chi connectivity index (χ1) is 6.04. The smallest absolute Gasteiger partial charge is 0.211 e. The van der Waals surface area contributed by atoms with E-state index in [1.807, 2.05) is 0 Å². The van der Waals surface area contributed by atoms with E-state index in [2.05, 4.69) is 0 Å². The minimum absolute atomic E-state index is 0.466. The predicted molar refractivity (Wildman–Crippen MR) is 52.8 cm³/mol. The molecule has 1 rings (SSSR count). The zero-order chi connectivity index (χ0) is 9.90. The lowest BCUT2D eigenvalue weighted by Gasteiger charge is -2.30. The van der Waals surface area contributed by atoms with Crippen molar-refractivity contribution in [1.82, 2.24) is 4.31 Å². The molecule has 13 heavy (non-hydrogen) atoms. The van der Waals surface area contributed by atoms with Gasteiger partial charge in [0.25, 0.3) is 0 Å². The first-order valence-corrected chi connectivity index (χ1v) is 6.54. The molecule has 0 bridgehead atoms. The average molecular weight is 206 g/mol. The van der Waals surface area contributed by atoms with Crippen molar-refractivity contribution in [2.75, 3.05) is 25.9 Å². The van der Waals surface area contributed by atoms with E-state index in [0.717, 1.165) is 19.3 Å². The quantitative estimate of drug-likeness (QED) is 0.707. The van der Waals surface area contributed by atoms with Crippen LogP contribution in [0.1, 0.15) is 19.3 Å². The Labute approximate surface area is 80.1 Å². The molecule has 0 radical (unpaired) electrons. The van der Waals surface area contributed by atoms with Gasteiger partial charge in [0, 0.05) is 13.1 Å². The van der Waals surface area contributed by atoms with Crippen LogP contribution in [0.3, 0.4) is 0 Å². The van der Waals surface area contributed by atoms with Gasteiger partial charge < -0.3 is 5.73 Å². The molecule has 78 valence electrons. The maximum absolute atomic E-state index is 11.2. The zero-order valence-electron chi connectivity index (χ0n) is 8.07. The van der Waals surface area contributed by atoms with Crippen molar-refractivity contribution in [3.63, 3.8) is 0 Å². The third kappa shape index (κ3) is 3.25. The van der Waals surface area contributed by atoms with Crippen LogP contribution in [0.2, 0.25) is 0 Å². The molecule has 0 spiro atoms. The number of sulfonamides is 1. The molecule has 5 heteroatoms. The van der Waals surface area contributed by atoms with Gasteiger partial charge in [-0.25, -0.2) is 12.7 Å². The topological polar surface area (TPSA) is 63.4 Å². The molecule has 0 saturated carbocycles. The van der Waals surface area contributed by atoms with Crippen LogP contribution in [0.5, 0.6) is 0 Å². The Morgan fingerprint density at radius 2 is 2.23 bits per heavy atom. The second kappa shape index (κ2) is 4.39. The van der Waals surface area contributed by atoms with Crippen LogP contribution in [0.25, 0.3) is 0 Å². The second-order valence-electron chi connectivity index (χ2n) is 3.71. The van der Waals surface area contributed by atoms with Crippen LogP contribution < -0.4 is 5.73 Å². The van der Waals surface area contributed by atoms with Crippen molar-refractivity contribution in [2.45, 2.75) is 19.3 Å². The fourth-order valence-corrected chi connectivity index (χ4v) is 2.74. The maximum atomic E-state index is 11.2. The molecule has 0 unspecified atom stereocenters. The summed E-state index contributed by atoms with van der Waals surface area (Å²) in [4.78, 5) is 0. The van der Waals surface area contributed by atoms with E-state index in [9.17, 15) is 8.42 Å². The van der Waals surface area contributed by atoms with Gasteiger partial charge in [-0.15, -0.1) is 0 Å². The van der Waals surface area contributed by atoms with Crippen LogP contribution >= 0.6 is 0 Å². The number of piperidine rings is 1. The summed E-state index contributed by atoms with van der Waals surface area (Å²) in [6, 6.07) is 0. The summed E-state index contributed by atoms with van der Waals surface area (Å²) in [5, 5.41) is 0. The third-order valence-corrected chi connectivity index (χ3v) is 3.80. The first kappa shape index (κ1) is 10.9. The lowest BCUT2D eigenvalue weighted by molar-refractivity contribution is 0.259. The monoisotopic (exact) mass is 206 g/mol. The van der Waals surface area contributed by atoms with Crippen LogP contribution in [0, 0.1) is 5.92 Å². The molecule has 4 nitrogen and oxygen atoms in total. The van der Waals surface area contributed by atoms with E-state index >= 15 is 0 Å². The number of hydrogen-bond donors (Lipinski definition) is 1. The fraction of sp³-hybridized carbons (Fsp3) is 1.00. The Morgan fingerprint density at radius 1 is 1.54 bits per heavy atom. The number of nitrogens with zero attached hydrogens (tertiary/aromatic N) is 1. The van der Waals surface area contributed by atoms with Crippen LogP contribution in [0.4, 0.5) is 0 Å². The molecule has 1 fully saturated rings. The van der Waals surface area contributed by atoms with E-state index in [-0.39, 0.29) is 0 Å². The van der Waals surface area contributed by atoms with Gasteiger partial charge >= 0.3 is 0 Å². The highest BCUT2D eigenvalue weighted by Crippen LogP contribution is 2.20. The third-order valence-electron chi connectivity index (χ3n) is 2.53. The molecule has 1 aliphatic heterocycles. The van der Waals surface area contributed by atoms with Gasteiger partial charge in [-0.1, -0.05) is 0 Å². The van der Waals surface area contributed by atoms with E-state index in [1.54, 1.807) is 4.31 Å². The van der Waals surface area contributed by atoms with Crippen LogP contribution in [0.15, 0.2) is 0 Å². The Kier molecular flexibility index (Phi) is 3.70. The van der Waals surface area contributed by atoms with Crippen molar-refractivity contribution >= 4 is 10.0 Å². The summed E-state index contributed by atoms with van der Waals surface area (Å²) in [5.74, 6) is 0.466. The molecular formula is C8H18N2O2S. The van der Waals surface area contributed by atoms with Crippen molar-refractivity contribution in [1.29, 1.82) is 0 Å². The number of rotatable bonds is 3. The Hall–Kier alpha value is -0.130. The summed E-state index contributed by atoms with van der Waals surface area (Å²) in [7, 11) is -2.98. The molecule has 0 aromatic carbocycles. The van der Waals surface area contributed by atoms with Crippen molar-refractivity contribution in [2.24, 2.45) is 11.7 Å². The summed E-state index contributed by atoms with van der Waals surface area (Å²) >= 11 is 0. The van der Waals surface area contributed by atoms with E-state index < -0.39 is 10.0 Å². The summed E-state index contributed by atoms with van der Waals surface area (Å²) in [6.45, 7) is 2.00. The van der Waals surface area contributed by atoms with Crippen molar-refractivity contribution in [3.8, 4) is 0 Å². The zero-order valence-corrected chi connectivity index (χ0v) is 8.89. The molecule has 0 aromatic rings. The van der Waals surface area contributed by atoms with Crippen LogP contribution in [-0.2, 0) is 10.0 Å². The Bertz CT molecular complexity index is 249. The minimum Gasteiger partial charge on any atom is -0.330 e. The van der Waals surface area contributed by atoms with Crippen molar-refractivity contribution in [3.05, 3.63) is 0 Å². The summed E-state index contributed by atoms with van der Waals surface area (Å²) in [5.41, 5.74) is 5.45. The van der Waals surface area contributed by atoms with E-state index in [4.69, 9.17) is 5.73 Å². The van der Waals surface area contributed by atoms with Crippen LogP contribution in [-0.4, -0.2) is 38.6 Å². The van der Waals surface area contributed by atoms with E-state index in [0.29, 0.717) is 25.6 Å². The highest BCUT2D eigenvalue weighted by Gasteiger charge is 2.24. The van der Waals surface area contributed by atoms with E-state index in [1.165, 1.54) is 6.26 Å². The molecule has 1 heterocycles. The lowest BCUT2D eigenvalue weighted by Crippen LogP contribution is -2.39. The molecule has 0 aromatic heterocycles. The standard InChI is InChI=1S/C8H18N2O2S/c1-13(11,12)10-6-2-3-8(7-10)4-5-9/h8H,2-7,9H2,1H3/t8-/m1/s1. The Morgan fingerprint density at radius 3 is 2.77 bits per heavy atom. The molecule has 1 saturated heterocycles. The van der Waals surface area contributed by atoms with Gasteiger partial charge in [0.1, 0.15) is 0 Å². The maximum Gasteiger partial charge on any atom is 0.211 e. The van der Waals surface area contributed by atoms with Gasteiger partial charge in [0.2, 0.25) is 10.0 Å². The molecular weight excluding hydrogens is 188 g/mol. The van der Waals surface area contributed by atoms with Gasteiger partial charge in [-0.05, 0) is 31.7 Å². The molecule has 1 aliphatic rings.